The molecule has 7 nitrogen and oxygen atoms in total. The fourth-order valence-electron chi connectivity index (χ4n) is 1.96. The smallest absolute Gasteiger partial charge is 0.238 e. The summed E-state index contributed by atoms with van der Waals surface area (Å²) in [5.41, 5.74) is 0.924. The number of nitrogens with two attached hydrogens (primary N) is 1. The molecule has 0 saturated carbocycles. The van der Waals surface area contributed by atoms with E-state index in [4.69, 9.17) is 5.14 Å². The SMILES string of the molecule is CCc1cnc(CNC(=NC)NCc2ccc(S(N)(=O)=O)cc2)s1.I. The molecule has 0 saturated heterocycles. The van der Waals surface area contributed by atoms with E-state index in [0.29, 0.717) is 19.0 Å². The molecule has 2 rings (SSSR count). The molecule has 0 aliphatic carbocycles. The summed E-state index contributed by atoms with van der Waals surface area (Å²) in [6, 6.07) is 6.41. The van der Waals surface area contributed by atoms with Crippen LogP contribution < -0.4 is 15.8 Å². The number of aliphatic imine (C=N–C) groups is 1. The van der Waals surface area contributed by atoms with Crippen LogP contribution >= 0.6 is 35.3 Å². The molecule has 1 heterocycles. The number of benzene rings is 1. The Morgan fingerprint density at radius 1 is 1.24 bits per heavy atom. The van der Waals surface area contributed by atoms with Gasteiger partial charge in [0.1, 0.15) is 5.01 Å². The summed E-state index contributed by atoms with van der Waals surface area (Å²) in [7, 11) is -1.96. The molecule has 2 aromatic rings. The van der Waals surface area contributed by atoms with E-state index in [9.17, 15) is 8.42 Å². The summed E-state index contributed by atoms with van der Waals surface area (Å²) in [6.07, 6.45) is 2.88. The van der Waals surface area contributed by atoms with E-state index >= 15 is 0 Å². The Hall–Kier alpha value is -1.24. The van der Waals surface area contributed by atoms with Crippen molar-refractivity contribution in [2.75, 3.05) is 7.05 Å². The van der Waals surface area contributed by atoms with Gasteiger partial charge in [-0.15, -0.1) is 35.3 Å². The lowest BCUT2D eigenvalue weighted by molar-refractivity contribution is 0.597. The number of sulfonamides is 1. The molecule has 0 bridgehead atoms. The van der Waals surface area contributed by atoms with Crippen molar-refractivity contribution in [1.82, 2.24) is 15.6 Å². The molecule has 1 aromatic heterocycles. The third-order valence-corrected chi connectivity index (χ3v) is 5.36. The third-order valence-electron chi connectivity index (χ3n) is 3.29. The molecule has 0 fully saturated rings. The summed E-state index contributed by atoms with van der Waals surface area (Å²) in [6.45, 7) is 3.23. The van der Waals surface area contributed by atoms with Gasteiger partial charge in [-0.3, -0.25) is 4.99 Å². The quantitative estimate of drug-likeness (QED) is 0.322. The number of thiazole rings is 1. The minimum atomic E-state index is -3.66. The van der Waals surface area contributed by atoms with Gasteiger partial charge in [-0.2, -0.15) is 0 Å². The zero-order valence-corrected chi connectivity index (χ0v) is 18.0. The fraction of sp³-hybridized carbons (Fsp3) is 0.333. The minimum absolute atomic E-state index is 0. The predicted molar refractivity (Wildman–Crippen MR) is 112 cm³/mol. The highest BCUT2D eigenvalue weighted by Gasteiger charge is 2.07. The molecule has 10 heteroatoms. The Labute approximate surface area is 169 Å². The number of aryl methyl sites for hydroxylation is 1. The molecule has 4 N–H and O–H groups in total. The summed E-state index contributed by atoms with van der Waals surface area (Å²) < 4.78 is 22.5. The number of nitrogens with zero attached hydrogens (tertiary/aromatic N) is 2. The van der Waals surface area contributed by atoms with Gasteiger partial charge < -0.3 is 10.6 Å². The van der Waals surface area contributed by atoms with Crippen LogP contribution in [0.3, 0.4) is 0 Å². The van der Waals surface area contributed by atoms with Gasteiger partial charge in [0.25, 0.3) is 0 Å². The lowest BCUT2D eigenvalue weighted by Crippen LogP contribution is -2.36. The second-order valence-corrected chi connectivity index (χ2v) is 7.80. The van der Waals surface area contributed by atoms with E-state index < -0.39 is 10.0 Å². The first-order valence-electron chi connectivity index (χ1n) is 7.42. The molecule has 0 atom stereocenters. The number of halogens is 1. The van der Waals surface area contributed by atoms with Crippen LogP contribution in [0.2, 0.25) is 0 Å². The number of hydrogen-bond acceptors (Lipinski definition) is 5. The first kappa shape index (κ1) is 21.8. The summed E-state index contributed by atoms with van der Waals surface area (Å²) in [5, 5.41) is 12.5. The first-order valence-corrected chi connectivity index (χ1v) is 9.78. The number of aromatic nitrogens is 1. The minimum Gasteiger partial charge on any atom is -0.352 e. The molecule has 0 aliphatic heterocycles. The van der Waals surface area contributed by atoms with Crippen molar-refractivity contribution in [3.8, 4) is 0 Å². The van der Waals surface area contributed by atoms with E-state index in [-0.39, 0.29) is 28.9 Å². The van der Waals surface area contributed by atoms with Gasteiger partial charge in [-0.05, 0) is 24.1 Å². The van der Waals surface area contributed by atoms with Gasteiger partial charge in [0.05, 0.1) is 11.4 Å². The second-order valence-electron chi connectivity index (χ2n) is 5.04. The Morgan fingerprint density at radius 3 is 2.40 bits per heavy atom. The van der Waals surface area contributed by atoms with Crippen molar-refractivity contribution in [1.29, 1.82) is 0 Å². The average Bonchev–Trinajstić information content (AvgIpc) is 3.02. The molecule has 138 valence electrons. The zero-order valence-electron chi connectivity index (χ0n) is 14.0. The van der Waals surface area contributed by atoms with Crippen LogP contribution in [0.25, 0.3) is 0 Å². The Morgan fingerprint density at radius 2 is 1.88 bits per heavy atom. The molecule has 0 spiro atoms. The highest BCUT2D eigenvalue weighted by Crippen LogP contribution is 2.12. The molecular formula is C15H22IN5O2S2. The summed E-state index contributed by atoms with van der Waals surface area (Å²) in [4.78, 5) is 9.86. The largest absolute Gasteiger partial charge is 0.352 e. The Bertz CT molecular complexity index is 804. The van der Waals surface area contributed by atoms with Crippen molar-refractivity contribution in [2.45, 2.75) is 31.3 Å². The maximum Gasteiger partial charge on any atom is 0.238 e. The van der Waals surface area contributed by atoms with Gasteiger partial charge >= 0.3 is 0 Å². The van der Waals surface area contributed by atoms with E-state index in [0.717, 1.165) is 17.0 Å². The van der Waals surface area contributed by atoms with E-state index in [2.05, 4.69) is 27.5 Å². The number of primary sulfonamides is 1. The molecule has 0 amide bonds. The van der Waals surface area contributed by atoms with Crippen molar-refractivity contribution >= 4 is 51.3 Å². The summed E-state index contributed by atoms with van der Waals surface area (Å²) >= 11 is 1.68. The number of rotatable bonds is 6. The van der Waals surface area contributed by atoms with Crippen molar-refractivity contribution in [2.24, 2.45) is 10.1 Å². The predicted octanol–water partition coefficient (Wildman–Crippen LogP) is 1.84. The van der Waals surface area contributed by atoms with Gasteiger partial charge in [-0.1, -0.05) is 19.1 Å². The van der Waals surface area contributed by atoms with Gasteiger partial charge in [0.2, 0.25) is 10.0 Å². The van der Waals surface area contributed by atoms with Crippen LogP contribution in [-0.2, 0) is 29.5 Å². The van der Waals surface area contributed by atoms with Crippen molar-refractivity contribution in [3.63, 3.8) is 0 Å². The van der Waals surface area contributed by atoms with Crippen LogP contribution in [0.15, 0.2) is 40.4 Å². The Balaban J connectivity index is 0.00000312. The highest BCUT2D eigenvalue weighted by atomic mass is 127. The molecule has 0 aliphatic rings. The molecule has 25 heavy (non-hydrogen) atoms. The monoisotopic (exact) mass is 495 g/mol. The standard InChI is InChI=1S/C15H21N5O2S2.HI/c1-3-12-9-18-14(23-12)10-20-15(17-2)19-8-11-4-6-13(7-5-11)24(16,21)22;/h4-7,9H,3,8,10H2,1-2H3,(H2,16,21,22)(H2,17,19,20);1H. The van der Waals surface area contributed by atoms with Crippen LogP contribution in [0.1, 0.15) is 22.4 Å². The first-order chi connectivity index (χ1) is 11.4. The summed E-state index contributed by atoms with van der Waals surface area (Å²) in [5.74, 6) is 0.652. The number of hydrogen-bond donors (Lipinski definition) is 3. The van der Waals surface area contributed by atoms with Crippen LogP contribution in [0.4, 0.5) is 0 Å². The molecule has 0 radical (unpaired) electrons. The van der Waals surface area contributed by atoms with Gasteiger partial charge in [-0.25, -0.2) is 18.5 Å². The average molecular weight is 495 g/mol. The van der Waals surface area contributed by atoms with E-state index in [1.807, 2.05) is 6.20 Å². The normalized spacial score (nSPS) is 11.7. The Kier molecular flexibility index (Phi) is 8.76. The van der Waals surface area contributed by atoms with Crippen molar-refractivity contribution < 1.29 is 8.42 Å². The van der Waals surface area contributed by atoms with Gasteiger partial charge in [0.15, 0.2) is 5.96 Å². The van der Waals surface area contributed by atoms with Crippen molar-refractivity contribution in [3.05, 3.63) is 45.9 Å². The zero-order chi connectivity index (χ0) is 17.6. The van der Waals surface area contributed by atoms with Crippen LogP contribution in [0, 0.1) is 0 Å². The second kappa shape index (κ2) is 10.0. The van der Waals surface area contributed by atoms with Crippen LogP contribution in [-0.4, -0.2) is 26.4 Å². The fourth-order valence-corrected chi connectivity index (χ4v) is 3.27. The van der Waals surface area contributed by atoms with E-state index in [1.165, 1.54) is 17.0 Å². The molecule has 1 aromatic carbocycles. The highest BCUT2D eigenvalue weighted by molar-refractivity contribution is 14.0. The number of nitrogens with one attached hydrogen (secondary N) is 2. The topological polar surface area (TPSA) is 109 Å². The van der Waals surface area contributed by atoms with Crippen LogP contribution in [0.5, 0.6) is 0 Å². The van der Waals surface area contributed by atoms with E-state index in [1.54, 1.807) is 30.5 Å². The molecule has 0 unspecified atom stereocenters. The third kappa shape index (κ3) is 6.88. The molecular weight excluding hydrogens is 473 g/mol. The maximum absolute atomic E-state index is 11.2. The lowest BCUT2D eigenvalue weighted by atomic mass is 10.2. The number of guanidine groups is 1. The van der Waals surface area contributed by atoms with Gasteiger partial charge in [0, 0.05) is 24.7 Å². The maximum atomic E-state index is 11.2. The lowest BCUT2D eigenvalue weighted by Gasteiger charge is -2.11.